The van der Waals surface area contributed by atoms with Gasteiger partial charge in [0.15, 0.2) is 0 Å². The first-order chi connectivity index (χ1) is 6.70. The first-order valence-electron chi connectivity index (χ1n) is 4.40. The average molecular weight is 346 g/mol. The Morgan fingerprint density at radius 1 is 1.07 bits per heavy atom. The lowest BCUT2D eigenvalue weighted by atomic mass is 10.1. The van der Waals surface area contributed by atoms with Crippen LogP contribution in [0.15, 0.2) is 0 Å². The minimum atomic E-state index is -5.46. The average Bonchev–Trinajstić information content (AvgIpc) is 2.01. The molecule has 0 fully saturated rings. The van der Waals surface area contributed by atoms with Crippen molar-refractivity contribution in [3.05, 3.63) is 0 Å². The molecule has 0 saturated heterocycles. The van der Waals surface area contributed by atoms with E-state index in [1.807, 2.05) is 0 Å². The van der Waals surface area contributed by atoms with Crippen LogP contribution >= 0.6 is 22.6 Å². The highest BCUT2D eigenvalue weighted by molar-refractivity contribution is 14.1. The minimum Gasteiger partial charge on any atom is -0.396 e. The summed E-state index contributed by atoms with van der Waals surface area (Å²) >= 11 is 1.58. The zero-order valence-electron chi connectivity index (χ0n) is 7.83. The maximum atomic E-state index is 12.5. The molecule has 0 aliphatic rings. The fourth-order valence-corrected chi connectivity index (χ4v) is 1.97. The SMILES string of the molecule is OCCCCC(I)CC(F)(F)C(F)(F)F. The van der Waals surface area contributed by atoms with Crippen molar-refractivity contribution < 1.29 is 27.1 Å². The number of alkyl halides is 6. The Hall–Kier alpha value is 0.340. The molecule has 0 aliphatic heterocycles. The highest BCUT2D eigenvalue weighted by atomic mass is 127. The van der Waals surface area contributed by atoms with E-state index >= 15 is 0 Å². The fraction of sp³-hybridized carbons (Fsp3) is 1.00. The van der Waals surface area contributed by atoms with E-state index < -0.39 is 22.4 Å². The van der Waals surface area contributed by atoms with Gasteiger partial charge in [-0.3, -0.25) is 0 Å². The van der Waals surface area contributed by atoms with Gasteiger partial charge in [-0.1, -0.05) is 29.0 Å². The largest absolute Gasteiger partial charge is 0.453 e. The van der Waals surface area contributed by atoms with E-state index in [4.69, 9.17) is 5.11 Å². The third-order valence-corrected chi connectivity index (χ3v) is 2.88. The van der Waals surface area contributed by atoms with Gasteiger partial charge in [0.05, 0.1) is 0 Å². The number of halogens is 6. The molecule has 7 heteroatoms. The highest BCUT2D eigenvalue weighted by Crippen LogP contribution is 2.40. The predicted octanol–water partition coefficient (Wildman–Crippen LogP) is 3.54. The smallest absolute Gasteiger partial charge is 0.396 e. The van der Waals surface area contributed by atoms with E-state index in [1.165, 1.54) is 0 Å². The van der Waals surface area contributed by atoms with Gasteiger partial charge in [0.1, 0.15) is 0 Å². The molecule has 0 aromatic heterocycles. The number of unbranched alkanes of at least 4 members (excludes halogenated alkanes) is 1. The van der Waals surface area contributed by atoms with E-state index in [9.17, 15) is 22.0 Å². The molecule has 1 N–H and O–H groups in total. The summed E-state index contributed by atoms with van der Waals surface area (Å²) in [5.41, 5.74) is 0. The molecule has 0 aliphatic carbocycles. The molecule has 0 aromatic rings. The Balaban J connectivity index is 3.99. The maximum Gasteiger partial charge on any atom is 0.453 e. The van der Waals surface area contributed by atoms with Crippen molar-refractivity contribution in [2.24, 2.45) is 0 Å². The van der Waals surface area contributed by atoms with Gasteiger partial charge in [0, 0.05) is 17.0 Å². The minimum absolute atomic E-state index is 0.0704. The lowest BCUT2D eigenvalue weighted by Gasteiger charge is -2.22. The van der Waals surface area contributed by atoms with E-state index in [1.54, 1.807) is 22.6 Å². The molecular formula is C8H12F5IO. The summed E-state index contributed by atoms with van der Waals surface area (Å²) in [6.45, 7) is -0.0704. The van der Waals surface area contributed by atoms with Crippen molar-refractivity contribution in [2.45, 2.75) is 41.7 Å². The normalized spacial score (nSPS) is 15.4. The summed E-state index contributed by atoms with van der Waals surface area (Å²) in [7, 11) is 0. The third kappa shape index (κ3) is 5.84. The molecule has 0 spiro atoms. The number of aliphatic hydroxyl groups is 1. The zero-order chi connectivity index (χ0) is 12.1. The number of hydrogen-bond donors (Lipinski definition) is 1. The Labute approximate surface area is 98.2 Å². The van der Waals surface area contributed by atoms with Crippen molar-refractivity contribution >= 4 is 22.6 Å². The van der Waals surface area contributed by atoms with Gasteiger partial charge < -0.3 is 5.11 Å². The van der Waals surface area contributed by atoms with Crippen LogP contribution in [0.4, 0.5) is 22.0 Å². The van der Waals surface area contributed by atoms with Crippen LogP contribution in [0.2, 0.25) is 0 Å². The van der Waals surface area contributed by atoms with Crippen molar-refractivity contribution in [1.29, 1.82) is 0 Å². The summed E-state index contributed by atoms with van der Waals surface area (Å²) in [5, 5.41) is 8.41. The van der Waals surface area contributed by atoms with Crippen LogP contribution in [-0.2, 0) is 0 Å². The molecular weight excluding hydrogens is 334 g/mol. The lowest BCUT2D eigenvalue weighted by molar-refractivity contribution is -0.283. The van der Waals surface area contributed by atoms with E-state index in [0.29, 0.717) is 12.8 Å². The number of aliphatic hydroxyl groups excluding tert-OH is 1. The van der Waals surface area contributed by atoms with Crippen LogP contribution in [0.5, 0.6) is 0 Å². The van der Waals surface area contributed by atoms with Gasteiger partial charge in [-0.05, 0) is 12.8 Å². The topological polar surface area (TPSA) is 20.2 Å². The molecule has 0 rings (SSSR count). The van der Waals surface area contributed by atoms with Crippen LogP contribution in [0, 0.1) is 0 Å². The van der Waals surface area contributed by atoms with Crippen molar-refractivity contribution in [3.63, 3.8) is 0 Å². The molecule has 0 heterocycles. The standard InChI is InChI=1S/C8H12F5IO/c9-7(10,8(11,12)13)5-6(14)3-1-2-4-15/h6,15H,1-5H2. The van der Waals surface area contributed by atoms with Gasteiger partial charge in [-0.15, -0.1) is 0 Å². The van der Waals surface area contributed by atoms with Crippen molar-refractivity contribution in [2.75, 3.05) is 6.61 Å². The molecule has 92 valence electrons. The quantitative estimate of drug-likeness (QED) is 0.338. The monoisotopic (exact) mass is 346 g/mol. The zero-order valence-corrected chi connectivity index (χ0v) is 9.99. The molecule has 0 aromatic carbocycles. The van der Waals surface area contributed by atoms with Gasteiger partial charge in [0.2, 0.25) is 0 Å². The fourth-order valence-electron chi connectivity index (χ4n) is 0.974. The van der Waals surface area contributed by atoms with E-state index in [0.717, 1.165) is 0 Å². The summed E-state index contributed by atoms with van der Waals surface area (Å²) in [6.07, 6.45) is -5.52. The number of rotatable bonds is 6. The van der Waals surface area contributed by atoms with E-state index in [2.05, 4.69) is 0 Å². The molecule has 0 amide bonds. The molecule has 1 nitrogen and oxygen atoms in total. The summed E-state index contributed by atoms with van der Waals surface area (Å²) in [6, 6.07) is 0. The lowest BCUT2D eigenvalue weighted by Crippen LogP contribution is -2.38. The van der Waals surface area contributed by atoms with Crippen LogP contribution < -0.4 is 0 Å². The van der Waals surface area contributed by atoms with Crippen molar-refractivity contribution in [3.8, 4) is 0 Å². The van der Waals surface area contributed by atoms with Gasteiger partial charge >= 0.3 is 12.1 Å². The first kappa shape index (κ1) is 15.3. The summed E-state index contributed by atoms with van der Waals surface area (Å²) < 4.78 is 59.7. The Morgan fingerprint density at radius 2 is 1.60 bits per heavy atom. The Morgan fingerprint density at radius 3 is 2.00 bits per heavy atom. The molecule has 15 heavy (non-hydrogen) atoms. The third-order valence-electron chi connectivity index (χ3n) is 1.82. The molecule has 1 atom stereocenters. The number of hydrogen-bond acceptors (Lipinski definition) is 1. The van der Waals surface area contributed by atoms with Crippen LogP contribution in [0.1, 0.15) is 25.7 Å². The second-order valence-electron chi connectivity index (χ2n) is 3.22. The van der Waals surface area contributed by atoms with Crippen molar-refractivity contribution in [1.82, 2.24) is 0 Å². The highest BCUT2D eigenvalue weighted by Gasteiger charge is 2.57. The molecule has 0 bridgehead atoms. The first-order valence-corrected chi connectivity index (χ1v) is 5.65. The second-order valence-corrected chi connectivity index (χ2v) is 4.98. The molecule has 0 saturated carbocycles. The van der Waals surface area contributed by atoms with Gasteiger partial charge in [-0.25, -0.2) is 0 Å². The molecule has 1 unspecified atom stereocenters. The predicted molar refractivity (Wildman–Crippen MR) is 54.4 cm³/mol. The Kier molecular flexibility index (Phi) is 6.31. The van der Waals surface area contributed by atoms with Crippen LogP contribution in [0.25, 0.3) is 0 Å². The second kappa shape index (κ2) is 6.17. The summed E-state index contributed by atoms with van der Waals surface area (Å²) in [5.74, 6) is -4.61. The Bertz CT molecular complexity index is 182. The van der Waals surface area contributed by atoms with Gasteiger partial charge in [-0.2, -0.15) is 22.0 Å². The van der Waals surface area contributed by atoms with Crippen LogP contribution in [-0.4, -0.2) is 27.7 Å². The molecule has 0 radical (unpaired) electrons. The maximum absolute atomic E-state index is 12.5. The van der Waals surface area contributed by atoms with Crippen LogP contribution in [0.3, 0.4) is 0 Å². The van der Waals surface area contributed by atoms with E-state index in [-0.39, 0.29) is 13.0 Å². The summed E-state index contributed by atoms with van der Waals surface area (Å²) in [4.78, 5) is 0. The van der Waals surface area contributed by atoms with Gasteiger partial charge in [0.25, 0.3) is 0 Å².